The van der Waals surface area contributed by atoms with Crippen LogP contribution in [0, 0.1) is 12.8 Å². The second kappa shape index (κ2) is 5.07. The molecule has 0 spiro atoms. The monoisotopic (exact) mass is 207 g/mol. The van der Waals surface area contributed by atoms with E-state index in [1.54, 1.807) is 6.20 Å². The van der Waals surface area contributed by atoms with Crippen molar-refractivity contribution < 1.29 is 4.74 Å². The van der Waals surface area contributed by atoms with Crippen LogP contribution in [0.4, 0.5) is 0 Å². The fourth-order valence-corrected chi connectivity index (χ4v) is 1.77. The van der Waals surface area contributed by atoms with Crippen molar-refractivity contribution in [3.8, 4) is 5.88 Å². The zero-order chi connectivity index (χ0) is 10.5. The first-order valence-corrected chi connectivity index (χ1v) is 5.48. The lowest BCUT2D eigenvalue weighted by molar-refractivity contribution is 0.208. The van der Waals surface area contributed by atoms with Crippen LogP contribution >= 0.6 is 0 Å². The lowest BCUT2D eigenvalue weighted by atomic mass is 9.99. The average Bonchev–Trinajstić information content (AvgIpc) is 2.28. The Hall–Kier alpha value is -1.16. The van der Waals surface area contributed by atoms with Crippen molar-refractivity contribution in [3.63, 3.8) is 0 Å². The minimum atomic E-state index is 0.668. The molecule has 1 aromatic rings. The quantitative estimate of drug-likeness (QED) is 0.808. The van der Waals surface area contributed by atoms with Crippen LogP contribution in [0.5, 0.6) is 5.88 Å². The highest BCUT2D eigenvalue weighted by atomic mass is 16.5. The minimum absolute atomic E-state index is 0.668. The molecule has 82 valence electrons. The van der Waals surface area contributed by atoms with E-state index in [0.717, 1.165) is 25.5 Å². The van der Waals surface area contributed by atoms with Crippen molar-refractivity contribution in [3.05, 3.63) is 18.1 Å². The number of hydrogen-bond acceptors (Lipinski definition) is 4. The van der Waals surface area contributed by atoms with Gasteiger partial charge < -0.3 is 10.1 Å². The summed E-state index contributed by atoms with van der Waals surface area (Å²) in [5, 5.41) is 3.34. The van der Waals surface area contributed by atoms with Crippen molar-refractivity contribution in [2.75, 3.05) is 19.7 Å². The number of nitrogens with zero attached hydrogens (tertiary/aromatic N) is 2. The van der Waals surface area contributed by atoms with E-state index >= 15 is 0 Å². The fraction of sp³-hybridized carbons (Fsp3) is 0.636. The summed E-state index contributed by atoms with van der Waals surface area (Å²) in [7, 11) is 0. The van der Waals surface area contributed by atoms with E-state index in [1.165, 1.54) is 12.8 Å². The van der Waals surface area contributed by atoms with Gasteiger partial charge in [-0.1, -0.05) is 0 Å². The molecule has 1 saturated heterocycles. The topological polar surface area (TPSA) is 47.0 Å². The molecule has 2 rings (SSSR count). The summed E-state index contributed by atoms with van der Waals surface area (Å²) in [4.78, 5) is 8.24. The summed E-state index contributed by atoms with van der Waals surface area (Å²) in [6, 6.07) is 1.81. The zero-order valence-electron chi connectivity index (χ0n) is 9.07. The third-order valence-electron chi connectivity index (χ3n) is 2.68. The van der Waals surface area contributed by atoms with Gasteiger partial charge in [0, 0.05) is 12.3 Å². The van der Waals surface area contributed by atoms with E-state index < -0.39 is 0 Å². The molecule has 0 aromatic carbocycles. The SMILES string of the molecule is Cc1nccc(OCC2CCNCC2)n1. The van der Waals surface area contributed by atoms with Crippen LogP contribution in [0.2, 0.25) is 0 Å². The van der Waals surface area contributed by atoms with Crippen LogP contribution in [0.25, 0.3) is 0 Å². The maximum absolute atomic E-state index is 5.65. The molecule has 4 heteroatoms. The second-order valence-electron chi connectivity index (χ2n) is 3.95. The molecule has 0 unspecified atom stereocenters. The predicted octanol–water partition coefficient (Wildman–Crippen LogP) is 1.16. The van der Waals surface area contributed by atoms with Gasteiger partial charge >= 0.3 is 0 Å². The molecule has 0 aliphatic carbocycles. The summed E-state index contributed by atoms with van der Waals surface area (Å²) >= 11 is 0. The highest BCUT2D eigenvalue weighted by Crippen LogP contribution is 2.13. The van der Waals surface area contributed by atoms with Crippen molar-refractivity contribution in [2.45, 2.75) is 19.8 Å². The molecule has 0 saturated carbocycles. The third kappa shape index (κ3) is 3.16. The van der Waals surface area contributed by atoms with Gasteiger partial charge in [0.05, 0.1) is 6.61 Å². The summed E-state index contributed by atoms with van der Waals surface area (Å²) in [6.45, 7) is 4.86. The smallest absolute Gasteiger partial charge is 0.216 e. The van der Waals surface area contributed by atoms with E-state index in [2.05, 4.69) is 15.3 Å². The van der Waals surface area contributed by atoms with Crippen LogP contribution in [0.3, 0.4) is 0 Å². The Morgan fingerprint density at radius 1 is 1.47 bits per heavy atom. The van der Waals surface area contributed by atoms with Gasteiger partial charge in [0.2, 0.25) is 5.88 Å². The van der Waals surface area contributed by atoms with Gasteiger partial charge in [-0.05, 0) is 38.8 Å². The lowest BCUT2D eigenvalue weighted by Gasteiger charge is -2.22. The number of ether oxygens (including phenoxy) is 1. The first-order chi connectivity index (χ1) is 7.34. The van der Waals surface area contributed by atoms with Crippen LogP contribution in [-0.2, 0) is 0 Å². The van der Waals surface area contributed by atoms with Gasteiger partial charge in [0.15, 0.2) is 0 Å². The van der Waals surface area contributed by atoms with Gasteiger partial charge in [-0.15, -0.1) is 0 Å². The molecular weight excluding hydrogens is 190 g/mol. The molecule has 1 fully saturated rings. The maximum atomic E-state index is 5.65. The van der Waals surface area contributed by atoms with Gasteiger partial charge in [-0.2, -0.15) is 4.98 Å². The van der Waals surface area contributed by atoms with Crippen LogP contribution < -0.4 is 10.1 Å². The van der Waals surface area contributed by atoms with Crippen molar-refractivity contribution in [2.24, 2.45) is 5.92 Å². The molecular formula is C11H17N3O. The largest absolute Gasteiger partial charge is 0.477 e. The molecule has 0 bridgehead atoms. The fourth-order valence-electron chi connectivity index (χ4n) is 1.77. The number of hydrogen-bond donors (Lipinski definition) is 1. The third-order valence-corrected chi connectivity index (χ3v) is 2.68. The molecule has 1 N–H and O–H groups in total. The second-order valence-corrected chi connectivity index (χ2v) is 3.95. The molecule has 15 heavy (non-hydrogen) atoms. The Bertz CT molecular complexity index is 310. The van der Waals surface area contributed by atoms with Gasteiger partial charge in [-0.25, -0.2) is 4.98 Å². The Balaban J connectivity index is 1.81. The Morgan fingerprint density at radius 3 is 3.00 bits per heavy atom. The number of nitrogens with one attached hydrogen (secondary N) is 1. The number of rotatable bonds is 3. The highest BCUT2D eigenvalue weighted by molar-refractivity contribution is 5.07. The zero-order valence-corrected chi connectivity index (χ0v) is 9.07. The van der Waals surface area contributed by atoms with Crippen molar-refractivity contribution in [1.29, 1.82) is 0 Å². The number of aromatic nitrogens is 2. The highest BCUT2D eigenvalue weighted by Gasteiger charge is 2.13. The predicted molar refractivity (Wildman–Crippen MR) is 57.9 cm³/mol. The molecule has 2 heterocycles. The van der Waals surface area contributed by atoms with E-state index in [9.17, 15) is 0 Å². The molecule has 0 atom stereocenters. The summed E-state index contributed by atoms with van der Waals surface area (Å²) in [6.07, 6.45) is 4.13. The number of piperidine rings is 1. The van der Waals surface area contributed by atoms with Gasteiger partial charge in [0.1, 0.15) is 5.82 Å². The molecule has 0 amide bonds. The standard InChI is InChI=1S/C11H17N3O/c1-9-13-7-4-11(14-9)15-8-10-2-5-12-6-3-10/h4,7,10,12H,2-3,5-6,8H2,1H3. The van der Waals surface area contributed by atoms with E-state index in [-0.39, 0.29) is 0 Å². The lowest BCUT2D eigenvalue weighted by Crippen LogP contribution is -2.30. The minimum Gasteiger partial charge on any atom is -0.477 e. The Kier molecular flexibility index (Phi) is 3.50. The van der Waals surface area contributed by atoms with E-state index in [1.807, 2.05) is 13.0 Å². The Morgan fingerprint density at radius 2 is 2.27 bits per heavy atom. The average molecular weight is 207 g/mol. The van der Waals surface area contributed by atoms with E-state index in [0.29, 0.717) is 11.8 Å². The molecule has 4 nitrogen and oxygen atoms in total. The maximum Gasteiger partial charge on any atom is 0.216 e. The van der Waals surface area contributed by atoms with Crippen molar-refractivity contribution in [1.82, 2.24) is 15.3 Å². The summed E-state index contributed by atoms with van der Waals surface area (Å²) < 4.78 is 5.65. The molecule has 1 aliphatic heterocycles. The first-order valence-electron chi connectivity index (χ1n) is 5.48. The van der Waals surface area contributed by atoms with Crippen LogP contribution in [0.15, 0.2) is 12.3 Å². The normalized spacial score (nSPS) is 17.7. The van der Waals surface area contributed by atoms with E-state index in [4.69, 9.17) is 4.74 Å². The van der Waals surface area contributed by atoms with Crippen molar-refractivity contribution >= 4 is 0 Å². The number of aryl methyl sites for hydroxylation is 1. The van der Waals surface area contributed by atoms with Crippen LogP contribution in [0.1, 0.15) is 18.7 Å². The van der Waals surface area contributed by atoms with Gasteiger partial charge in [0.25, 0.3) is 0 Å². The summed E-state index contributed by atoms with van der Waals surface area (Å²) in [5.74, 6) is 2.13. The van der Waals surface area contributed by atoms with Crippen LogP contribution in [-0.4, -0.2) is 29.7 Å². The molecule has 1 aromatic heterocycles. The van der Waals surface area contributed by atoms with Gasteiger partial charge in [-0.3, -0.25) is 0 Å². The molecule has 0 radical (unpaired) electrons. The molecule has 1 aliphatic rings. The summed E-state index contributed by atoms with van der Waals surface area (Å²) in [5.41, 5.74) is 0. The first kappa shape index (κ1) is 10.4. The Labute approximate surface area is 90.1 Å².